The van der Waals surface area contributed by atoms with Gasteiger partial charge < -0.3 is 9.88 Å². The average Bonchev–Trinajstić information content (AvgIpc) is 3.17. The first-order chi connectivity index (χ1) is 11.3. The molecule has 2 heterocycles. The number of nitrogens with one attached hydrogen (secondary N) is 1. The second kappa shape index (κ2) is 7.80. The Morgan fingerprint density at radius 2 is 1.96 bits per heavy atom. The lowest BCUT2D eigenvalue weighted by Gasteiger charge is -2.13. The number of aromatic nitrogens is 1. The minimum atomic E-state index is 0.430. The molecular formula is C20H26N2S. The van der Waals surface area contributed by atoms with E-state index in [9.17, 15) is 0 Å². The van der Waals surface area contributed by atoms with Crippen LogP contribution in [0.3, 0.4) is 0 Å². The third-order valence-corrected chi connectivity index (χ3v) is 5.57. The fourth-order valence-corrected chi connectivity index (χ4v) is 4.18. The van der Waals surface area contributed by atoms with Gasteiger partial charge in [-0.15, -0.1) is 11.3 Å². The number of nitrogens with zero attached hydrogens (tertiary/aromatic N) is 1. The molecule has 0 aliphatic rings. The van der Waals surface area contributed by atoms with Gasteiger partial charge in [0, 0.05) is 29.7 Å². The predicted octanol–water partition coefficient (Wildman–Crippen LogP) is 5.30. The van der Waals surface area contributed by atoms with Crippen LogP contribution in [0.1, 0.15) is 43.5 Å². The number of unbranched alkanes of at least 4 members (excludes halogenated alkanes) is 2. The Bertz CT molecular complexity index is 741. The molecule has 1 unspecified atom stereocenters. The Labute approximate surface area is 143 Å². The second-order valence-corrected chi connectivity index (χ2v) is 7.20. The van der Waals surface area contributed by atoms with Gasteiger partial charge in [-0.1, -0.05) is 24.6 Å². The molecule has 0 amide bonds. The standard InChI is InChI=1S/C20H26N2S/c1-16(19-15-23-20-12-6-5-11-18(19)20)21-13-7-3-4-9-17-10-8-14-22(17)2/h5-6,8,10-12,14-16,21H,3-4,7,9,13H2,1-2H3. The average molecular weight is 327 g/mol. The minimum absolute atomic E-state index is 0.430. The van der Waals surface area contributed by atoms with Crippen molar-refractivity contribution in [3.63, 3.8) is 0 Å². The number of hydrogen-bond acceptors (Lipinski definition) is 2. The van der Waals surface area contributed by atoms with Crippen molar-refractivity contribution in [3.8, 4) is 0 Å². The van der Waals surface area contributed by atoms with Crippen LogP contribution in [0.25, 0.3) is 10.1 Å². The molecule has 0 saturated heterocycles. The summed E-state index contributed by atoms with van der Waals surface area (Å²) in [6.07, 6.45) is 7.12. The molecule has 0 saturated carbocycles. The SMILES string of the molecule is CC(NCCCCCc1cccn1C)c1csc2ccccc12. The minimum Gasteiger partial charge on any atom is -0.354 e. The van der Waals surface area contributed by atoms with E-state index in [1.807, 2.05) is 11.3 Å². The van der Waals surface area contributed by atoms with Crippen molar-refractivity contribution in [1.29, 1.82) is 0 Å². The first-order valence-electron chi connectivity index (χ1n) is 8.55. The lowest BCUT2D eigenvalue weighted by Crippen LogP contribution is -2.19. The van der Waals surface area contributed by atoms with Crippen LogP contribution in [0.5, 0.6) is 0 Å². The highest BCUT2D eigenvalue weighted by Crippen LogP contribution is 2.29. The highest BCUT2D eigenvalue weighted by Gasteiger charge is 2.10. The summed E-state index contributed by atoms with van der Waals surface area (Å²) in [5.74, 6) is 0. The zero-order valence-corrected chi connectivity index (χ0v) is 14.9. The Kier molecular flexibility index (Phi) is 5.52. The smallest absolute Gasteiger partial charge is 0.0346 e. The van der Waals surface area contributed by atoms with Gasteiger partial charge in [-0.3, -0.25) is 0 Å². The summed E-state index contributed by atoms with van der Waals surface area (Å²) < 4.78 is 3.61. The third kappa shape index (κ3) is 4.04. The number of hydrogen-bond donors (Lipinski definition) is 1. The van der Waals surface area contributed by atoms with Gasteiger partial charge in [0.2, 0.25) is 0 Å². The van der Waals surface area contributed by atoms with Crippen LogP contribution in [0.2, 0.25) is 0 Å². The van der Waals surface area contributed by atoms with Crippen LogP contribution < -0.4 is 5.32 Å². The zero-order valence-electron chi connectivity index (χ0n) is 14.1. The molecule has 3 heteroatoms. The molecule has 1 aromatic carbocycles. The van der Waals surface area contributed by atoms with Gasteiger partial charge in [0.15, 0.2) is 0 Å². The normalized spacial score (nSPS) is 12.8. The maximum atomic E-state index is 3.68. The van der Waals surface area contributed by atoms with Crippen molar-refractivity contribution >= 4 is 21.4 Å². The quantitative estimate of drug-likeness (QED) is 0.556. The van der Waals surface area contributed by atoms with Crippen molar-refractivity contribution in [3.05, 3.63) is 59.2 Å². The van der Waals surface area contributed by atoms with Gasteiger partial charge in [0.05, 0.1) is 0 Å². The van der Waals surface area contributed by atoms with E-state index in [0.29, 0.717) is 6.04 Å². The highest BCUT2D eigenvalue weighted by atomic mass is 32.1. The monoisotopic (exact) mass is 326 g/mol. The molecule has 122 valence electrons. The van der Waals surface area contributed by atoms with Crippen molar-refractivity contribution in [2.24, 2.45) is 7.05 Å². The van der Waals surface area contributed by atoms with Gasteiger partial charge in [-0.25, -0.2) is 0 Å². The topological polar surface area (TPSA) is 17.0 Å². The van der Waals surface area contributed by atoms with E-state index in [-0.39, 0.29) is 0 Å². The molecule has 3 aromatic rings. The summed E-state index contributed by atoms with van der Waals surface area (Å²) >= 11 is 1.85. The molecule has 1 N–H and O–H groups in total. The number of rotatable bonds is 8. The molecular weight excluding hydrogens is 300 g/mol. The van der Waals surface area contributed by atoms with E-state index >= 15 is 0 Å². The summed E-state index contributed by atoms with van der Waals surface area (Å²) in [5.41, 5.74) is 2.88. The Morgan fingerprint density at radius 1 is 1.09 bits per heavy atom. The van der Waals surface area contributed by atoms with Crippen molar-refractivity contribution in [1.82, 2.24) is 9.88 Å². The first kappa shape index (κ1) is 16.3. The fraction of sp³-hybridized carbons (Fsp3) is 0.400. The number of aryl methyl sites for hydroxylation is 2. The summed E-state index contributed by atoms with van der Waals surface area (Å²) in [4.78, 5) is 0. The van der Waals surface area contributed by atoms with E-state index in [1.165, 1.54) is 47.0 Å². The Hall–Kier alpha value is -1.58. The number of thiophene rings is 1. The van der Waals surface area contributed by atoms with Crippen LogP contribution in [-0.2, 0) is 13.5 Å². The van der Waals surface area contributed by atoms with Crippen LogP contribution in [0.15, 0.2) is 48.0 Å². The third-order valence-electron chi connectivity index (χ3n) is 4.59. The second-order valence-electron chi connectivity index (χ2n) is 6.28. The first-order valence-corrected chi connectivity index (χ1v) is 9.43. The van der Waals surface area contributed by atoms with Crippen LogP contribution >= 0.6 is 11.3 Å². The maximum absolute atomic E-state index is 3.68. The summed E-state index contributed by atoms with van der Waals surface area (Å²) in [7, 11) is 2.13. The van der Waals surface area contributed by atoms with Crippen LogP contribution in [0.4, 0.5) is 0 Å². The molecule has 0 radical (unpaired) electrons. The van der Waals surface area contributed by atoms with Gasteiger partial charge in [-0.2, -0.15) is 0 Å². The zero-order chi connectivity index (χ0) is 16.1. The molecule has 2 nitrogen and oxygen atoms in total. The van der Waals surface area contributed by atoms with E-state index in [4.69, 9.17) is 0 Å². The lowest BCUT2D eigenvalue weighted by atomic mass is 10.1. The largest absolute Gasteiger partial charge is 0.354 e. The Balaban J connectivity index is 1.39. The van der Waals surface area contributed by atoms with Crippen LogP contribution in [-0.4, -0.2) is 11.1 Å². The lowest BCUT2D eigenvalue weighted by molar-refractivity contribution is 0.539. The molecule has 0 aliphatic carbocycles. The van der Waals surface area contributed by atoms with Crippen molar-refractivity contribution in [2.75, 3.05) is 6.54 Å². The summed E-state index contributed by atoms with van der Waals surface area (Å²) in [6.45, 7) is 3.37. The Morgan fingerprint density at radius 3 is 2.78 bits per heavy atom. The van der Waals surface area contributed by atoms with Crippen molar-refractivity contribution in [2.45, 2.75) is 38.6 Å². The van der Waals surface area contributed by atoms with Gasteiger partial charge in [-0.05, 0) is 67.3 Å². The fourth-order valence-electron chi connectivity index (χ4n) is 3.13. The molecule has 0 bridgehead atoms. The molecule has 0 spiro atoms. The highest BCUT2D eigenvalue weighted by molar-refractivity contribution is 7.17. The van der Waals surface area contributed by atoms with Gasteiger partial charge >= 0.3 is 0 Å². The van der Waals surface area contributed by atoms with E-state index in [0.717, 1.165) is 6.54 Å². The maximum Gasteiger partial charge on any atom is 0.0346 e. The summed E-state index contributed by atoms with van der Waals surface area (Å²) in [5, 5.41) is 7.39. The molecule has 3 rings (SSSR count). The van der Waals surface area contributed by atoms with Crippen molar-refractivity contribution < 1.29 is 0 Å². The molecule has 0 fully saturated rings. The predicted molar refractivity (Wildman–Crippen MR) is 101 cm³/mol. The molecule has 23 heavy (non-hydrogen) atoms. The number of benzene rings is 1. The molecule has 0 aliphatic heterocycles. The van der Waals surface area contributed by atoms with Crippen LogP contribution in [0, 0.1) is 0 Å². The molecule has 2 aromatic heterocycles. The van der Waals surface area contributed by atoms with Gasteiger partial charge in [0.25, 0.3) is 0 Å². The van der Waals surface area contributed by atoms with E-state index < -0.39 is 0 Å². The van der Waals surface area contributed by atoms with E-state index in [1.54, 1.807) is 0 Å². The van der Waals surface area contributed by atoms with Gasteiger partial charge in [0.1, 0.15) is 0 Å². The van der Waals surface area contributed by atoms with E-state index in [2.05, 4.69) is 71.8 Å². The molecule has 1 atom stereocenters. The number of fused-ring (bicyclic) bond motifs is 1. The summed E-state index contributed by atoms with van der Waals surface area (Å²) in [6, 6.07) is 13.5.